The summed E-state index contributed by atoms with van der Waals surface area (Å²) in [4.78, 5) is 26.1. The van der Waals surface area contributed by atoms with Crippen LogP contribution in [0, 0.1) is 0 Å². The fraction of sp³-hybridized carbons (Fsp3) is 0.444. The number of quaternary nitrogens is 1. The summed E-state index contributed by atoms with van der Waals surface area (Å²) >= 11 is 1.93. The first kappa shape index (κ1) is 18.6. The molecule has 0 radical (unpaired) electrons. The predicted molar refractivity (Wildman–Crippen MR) is 99.3 cm³/mol. The lowest BCUT2D eigenvalue weighted by Crippen LogP contribution is -3.14. The third-order valence-corrected chi connectivity index (χ3v) is 5.62. The second kappa shape index (κ2) is 8.46. The van der Waals surface area contributed by atoms with Gasteiger partial charge in [-0.3, -0.25) is 0 Å². The molecule has 7 nitrogen and oxygen atoms in total. The number of amides is 2. The summed E-state index contributed by atoms with van der Waals surface area (Å²) in [6.45, 7) is 2.63. The third kappa shape index (κ3) is 4.13. The largest absolute Gasteiger partial charge is 0.497 e. The van der Waals surface area contributed by atoms with Crippen molar-refractivity contribution >= 4 is 23.8 Å². The van der Waals surface area contributed by atoms with Crippen LogP contribution in [0.1, 0.15) is 11.6 Å². The molecule has 2 aliphatic heterocycles. The van der Waals surface area contributed by atoms with Gasteiger partial charge in [0.05, 0.1) is 44.6 Å². The number of rotatable bonds is 5. The van der Waals surface area contributed by atoms with Crippen molar-refractivity contribution in [2.24, 2.45) is 0 Å². The number of methoxy groups -OCH3 is 2. The summed E-state index contributed by atoms with van der Waals surface area (Å²) in [5, 5.41) is 5.67. The average molecular weight is 378 g/mol. The van der Waals surface area contributed by atoms with E-state index in [0.29, 0.717) is 23.6 Å². The molecule has 0 spiro atoms. The van der Waals surface area contributed by atoms with Gasteiger partial charge in [0.25, 0.3) is 0 Å². The van der Waals surface area contributed by atoms with Gasteiger partial charge in [0, 0.05) is 11.5 Å². The summed E-state index contributed by atoms with van der Waals surface area (Å²) in [6.07, 6.45) is 0. The molecule has 2 heterocycles. The number of esters is 1. The van der Waals surface area contributed by atoms with Gasteiger partial charge < -0.3 is 25.0 Å². The smallest absolute Gasteiger partial charge is 0.338 e. The number of benzene rings is 1. The van der Waals surface area contributed by atoms with Crippen LogP contribution in [-0.2, 0) is 9.53 Å². The zero-order valence-corrected chi connectivity index (χ0v) is 15.8. The highest BCUT2D eigenvalue weighted by molar-refractivity contribution is 7.99. The quantitative estimate of drug-likeness (QED) is 0.634. The number of hydrogen-bond donors (Lipinski definition) is 3. The van der Waals surface area contributed by atoms with Crippen LogP contribution in [0.25, 0.3) is 0 Å². The molecular formula is C18H24N3O4S+. The molecule has 0 unspecified atom stereocenters. The van der Waals surface area contributed by atoms with Crippen LogP contribution in [-0.4, -0.2) is 57.4 Å². The van der Waals surface area contributed by atoms with Crippen molar-refractivity contribution in [2.45, 2.75) is 6.04 Å². The van der Waals surface area contributed by atoms with Gasteiger partial charge in [-0.15, -0.1) is 0 Å². The van der Waals surface area contributed by atoms with Crippen LogP contribution in [0.15, 0.2) is 35.5 Å². The molecule has 1 saturated heterocycles. The van der Waals surface area contributed by atoms with Crippen LogP contribution in [0.5, 0.6) is 5.75 Å². The summed E-state index contributed by atoms with van der Waals surface area (Å²) in [5.74, 6) is 2.46. The lowest BCUT2D eigenvalue weighted by molar-refractivity contribution is -0.891. The lowest BCUT2D eigenvalue weighted by Gasteiger charge is -2.31. The maximum atomic E-state index is 12.5. The zero-order chi connectivity index (χ0) is 18.5. The minimum Gasteiger partial charge on any atom is -0.497 e. The monoisotopic (exact) mass is 378 g/mol. The van der Waals surface area contributed by atoms with E-state index in [1.165, 1.54) is 12.0 Å². The van der Waals surface area contributed by atoms with Crippen molar-refractivity contribution < 1.29 is 24.0 Å². The van der Waals surface area contributed by atoms with Crippen LogP contribution in [0.4, 0.5) is 4.79 Å². The molecule has 3 N–H and O–H groups in total. The summed E-state index contributed by atoms with van der Waals surface area (Å²) in [5.41, 5.74) is 1.91. The average Bonchev–Trinajstić information content (AvgIpc) is 2.68. The van der Waals surface area contributed by atoms with Crippen molar-refractivity contribution in [1.82, 2.24) is 10.6 Å². The molecule has 1 fully saturated rings. The van der Waals surface area contributed by atoms with Gasteiger partial charge in [0.15, 0.2) is 0 Å². The number of urea groups is 1. The Morgan fingerprint density at radius 2 is 1.92 bits per heavy atom. The van der Waals surface area contributed by atoms with Crippen LogP contribution < -0.4 is 20.3 Å². The maximum Gasteiger partial charge on any atom is 0.338 e. The molecule has 26 heavy (non-hydrogen) atoms. The summed E-state index contributed by atoms with van der Waals surface area (Å²) < 4.78 is 10.2. The van der Waals surface area contributed by atoms with Crippen molar-refractivity contribution in [3.8, 4) is 5.75 Å². The van der Waals surface area contributed by atoms with Crippen molar-refractivity contribution in [1.29, 1.82) is 0 Å². The first-order chi connectivity index (χ1) is 12.6. The Balaban J connectivity index is 1.95. The summed E-state index contributed by atoms with van der Waals surface area (Å²) in [7, 11) is 2.96. The van der Waals surface area contributed by atoms with E-state index in [0.717, 1.165) is 30.2 Å². The van der Waals surface area contributed by atoms with Gasteiger partial charge in [0.1, 0.15) is 12.3 Å². The minimum atomic E-state index is -0.546. The first-order valence-corrected chi connectivity index (χ1v) is 9.72. The molecule has 2 amide bonds. The Bertz CT molecular complexity index is 699. The second-order valence-corrected chi connectivity index (χ2v) is 7.45. The molecule has 0 saturated carbocycles. The number of thioether (sulfide) groups is 1. The normalized spacial score (nSPS) is 21.0. The molecule has 1 aromatic carbocycles. The Morgan fingerprint density at radius 1 is 1.23 bits per heavy atom. The summed E-state index contributed by atoms with van der Waals surface area (Å²) in [6, 6.07) is 6.46. The first-order valence-electron chi connectivity index (χ1n) is 8.56. The molecule has 140 valence electrons. The fourth-order valence-electron chi connectivity index (χ4n) is 3.24. The number of carbonyl (C=O) groups excluding carboxylic acids is 2. The third-order valence-electron chi connectivity index (χ3n) is 4.63. The van der Waals surface area contributed by atoms with E-state index in [1.54, 1.807) is 7.11 Å². The van der Waals surface area contributed by atoms with Crippen molar-refractivity contribution in [3.63, 3.8) is 0 Å². The van der Waals surface area contributed by atoms with E-state index in [9.17, 15) is 9.59 Å². The van der Waals surface area contributed by atoms with Gasteiger partial charge in [-0.05, 0) is 17.7 Å². The van der Waals surface area contributed by atoms with Gasteiger partial charge in [-0.2, -0.15) is 11.8 Å². The Morgan fingerprint density at radius 3 is 2.54 bits per heavy atom. The van der Waals surface area contributed by atoms with Crippen LogP contribution in [0.3, 0.4) is 0 Å². The SMILES string of the molecule is COC(=O)C1=C(C[NH+]2CCSCC2)NC(=O)N[C@@H]1c1ccc(OC)cc1. The second-order valence-electron chi connectivity index (χ2n) is 6.23. The topological polar surface area (TPSA) is 81.1 Å². The molecule has 0 bridgehead atoms. The highest BCUT2D eigenvalue weighted by atomic mass is 32.2. The van der Waals surface area contributed by atoms with E-state index in [2.05, 4.69) is 10.6 Å². The predicted octanol–water partition coefficient (Wildman–Crippen LogP) is 0.108. The molecule has 8 heteroatoms. The number of hydrogen-bond acceptors (Lipinski definition) is 5. The van der Waals surface area contributed by atoms with E-state index in [-0.39, 0.29) is 6.03 Å². The standard InChI is InChI=1S/C18H23N3O4S/c1-24-13-5-3-12(4-6-13)16-15(17(22)25-2)14(19-18(23)20-16)11-21-7-9-26-10-8-21/h3-6,16H,7-11H2,1-2H3,(H2,19,20,23)/p+1/t16-/m1/s1. The maximum absolute atomic E-state index is 12.5. The zero-order valence-electron chi connectivity index (χ0n) is 15.0. The Kier molecular flexibility index (Phi) is 6.05. The lowest BCUT2D eigenvalue weighted by atomic mass is 9.95. The molecule has 0 aliphatic carbocycles. The number of carbonyl (C=O) groups is 2. The number of nitrogens with one attached hydrogen (secondary N) is 3. The van der Waals surface area contributed by atoms with E-state index in [4.69, 9.17) is 9.47 Å². The number of ether oxygens (including phenoxy) is 2. The van der Waals surface area contributed by atoms with E-state index >= 15 is 0 Å². The van der Waals surface area contributed by atoms with Crippen LogP contribution in [0.2, 0.25) is 0 Å². The Hall–Kier alpha value is -2.19. The van der Waals surface area contributed by atoms with Gasteiger partial charge in [-0.25, -0.2) is 9.59 Å². The highest BCUT2D eigenvalue weighted by Crippen LogP contribution is 2.28. The molecular weight excluding hydrogens is 354 g/mol. The van der Waals surface area contributed by atoms with Crippen LogP contribution >= 0.6 is 11.8 Å². The molecule has 2 aliphatic rings. The Labute approximate surface area is 157 Å². The molecule has 1 atom stereocenters. The highest BCUT2D eigenvalue weighted by Gasteiger charge is 2.35. The van der Waals surface area contributed by atoms with Gasteiger partial charge in [-0.1, -0.05) is 12.1 Å². The molecule has 1 aromatic rings. The molecule has 3 rings (SSSR count). The minimum absolute atomic E-state index is 0.306. The van der Waals surface area contributed by atoms with E-state index < -0.39 is 12.0 Å². The molecule has 0 aromatic heterocycles. The van der Waals surface area contributed by atoms with Gasteiger partial charge in [0.2, 0.25) is 0 Å². The van der Waals surface area contributed by atoms with E-state index in [1.807, 2.05) is 36.0 Å². The van der Waals surface area contributed by atoms with Gasteiger partial charge >= 0.3 is 12.0 Å². The van der Waals surface area contributed by atoms with Crippen molar-refractivity contribution in [2.75, 3.05) is 45.4 Å². The van der Waals surface area contributed by atoms with Crippen molar-refractivity contribution in [3.05, 3.63) is 41.1 Å². The fourth-order valence-corrected chi connectivity index (χ4v) is 4.31.